The van der Waals surface area contributed by atoms with Gasteiger partial charge in [0, 0.05) is 32.2 Å². The molecule has 2 aliphatic rings. The number of rotatable bonds is 5. The van der Waals surface area contributed by atoms with Crippen LogP contribution in [0.4, 0.5) is 9.18 Å². The Hall–Kier alpha value is -2.54. The molecule has 2 fully saturated rings. The molecule has 1 N–H and O–H groups in total. The number of benzene rings is 2. The molecule has 0 bridgehead atoms. The molecule has 2 aromatic rings. The van der Waals surface area contributed by atoms with Crippen LogP contribution in [-0.4, -0.2) is 78.1 Å². The molecule has 4 rings (SSSR count). The van der Waals surface area contributed by atoms with Gasteiger partial charge in [-0.25, -0.2) is 30.7 Å². The van der Waals surface area contributed by atoms with Crippen molar-refractivity contribution in [3.8, 4) is 0 Å². The number of carbonyl (C=O) groups excluding carboxylic acids is 1. The standard InChI is InChI=1S/C23H28FN3O6S2/c1-17-2-5-21(34(29,30)20-6-3-18(24)4-7-20)16-22(17)35(31,32)25-19-8-10-26(11-9-19)23(28)27-12-14-33-15-13-27/h2-7,16,19,25H,8-15H2,1H3. The molecule has 2 heterocycles. The Balaban J connectivity index is 1.46. The average Bonchev–Trinajstić information content (AvgIpc) is 2.84. The fourth-order valence-corrected chi connectivity index (χ4v) is 7.15. The maximum atomic E-state index is 13.2. The first-order valence-corrected chi connectivity index (χ1v) is 14.3. The van der Waals surface area contributed by atoms with Gasteiger partial charge in [0.2, 0.25) is 19.9 Å². The van der Waals surface area contributed by atoms with Crippen molar-refractivity contribution in [3.05, 3.63) is 53.8 Å². The van der Waals surface area contributed by atoms with Crippen LogP contribution in [0.15, 0.2) is 57.2 Å². The van der Waals surface area contributed by atoms with Crippen LogP contribution in [0.3, 0.4) is 0 Å². The highest BCUT2D eigenvalue weighted by atomic mass is 32.2. The fourth-order valence-electron chi connectivity index (χ4n) is 4.21. The van der Waals surface area contributed by atoms with Gasteiger partial charge >= 0.3 is 6.03 Å². The number of amides is 2. The number of carbonyl (C=O) groups is 1. The van der Waals surface area contributed by atoms with Crippen molar-refractivity contribution in [2.24, 2.45) is 0 Å². The second-order valence-corrected chi connectivity index (χ2v) is 12.3. The molecule has 0 aliphatic carbocycles. The lowest BCUT2D eigenvalue weighted by Crippen LogP contribution is -2.52. The normalized spacial score (nSPS) is 18.0. The summed E-state index contributed by atoms with van der Waals surface area (Å²) in [7, 11) is -8.06. The van der Waals surface area contributed by atoms with E-state index in [2.05, 4.69) is 4.72 Å². The Bertz CT molecular complexity index is 1290. The number of aryl methyl sites for hydroxylation is 1. The summed E-state index contributed by atoms with van der Waals surface area (Å²) in [5.74, 6) is -0.571. The van der Waals surface area contributed by atoms with E-state index in [9.17, 15) is 26.0 Å². The van der Waals surface area contributed by atoms with Crippen LogP contribution in [0.5, 0.6) is 0 Å². The van der Waals surface area contributed by atoms with Crippen LogP contribution in [0, 0.1) is 12.7 Å². The van der Waals surface area contributed by atoms with E-state index in [4.69, 9.17) is 4.74 Å². The van der Waals surface area contributed by atoms with Gasteiger partial charge in [-0.15, -0.1) is 0 Å². The number of hydrogen-bond acceptors (Lipinski definition) is 6. The molecule has 0 aromatic heterocycles. The Morgan fingerprint density at radius 1 is 0.914 bits per heavy atom. The van der Waals surface area contributed by atoms with E-state index >= 15 is 0 Å². The number of likely N-dealkylation sites (tertiary alicyclic amines) is 1. The SMILES string of the molecule is Cc1ccc(S(=O)(=O)c2ccc(F)cc2)cc1S(=O)(=O)NC1CCN(C(=O)N2CCOCC2)CC1. The van der Waals surface area contributed by atoms with Crippen molar-refractivity contribution < 1.29 is 30.8 Å². The second-order valence-electron chi connectivity index (χ2n) is 8.65. The number of urea groups is 1. The van der Waals surface area contributed by atoms with Gasteiger partial charge in [0.1, 0.15) is 5.82 Å². The van der Waals surface area contributed by atoms with Crippen molar-refractivity contribution in [1.29, 1.82) is 0 Å². The third-order valence-corrected chi connectivity index (χ3v) is 9.68. The topological polar surface area (TPSA) is 113 Å². The zero-order valence-electron chi connectivity index (χ0n) is 19.3. The first kappa shape index (κ1) is 25.5. The maximum Gasteiger partial charge on any atom is 0.320 e. The fraction of sp³-hybridized carbons (Fsp3) is 0.435. The minimum absolute atomic E-state index is 0.0656. The number of halogens is 1. The lowest BCUT2D eigenvalue weighted by molar-refractivity contribution is 0.0410. The Kier molecular flexibility index (Phi) is 7.46. The van der Waals surface area contributed by atoms with E-state index in [0.29, 0.717) is 57.8 Å². The molecule has 0 saturated carbocycles. The summed E-state index contributed by atoms with van der Waals surface area (Å²) >= 11 is 0. The number of piperidine rings is 1. The molecular formula is C23H28FN3O6S2. The highest BCUT2D eigenvalue weighted by molar-refractivity contribution is 7.91. The Morgan fingerprint density at radius 2 is 1.49 bits per heavy atom. The molecule has 2 aliphatic heterocycles. The van der Waals surface area contributed by atoms with Gasteiger partial charge < -0.3 is 14.5 Å². The minimum Gasteiger partial charge on any atom is -0.378 e. The van der Waals surface area contributed by atoms with Crippen LogP contribution in [0.1, 0.15) is 18.4 Å². The largest absolute Gasteiger partial charge is 0.378 e. The highest BCUT2D eigenvalue weighted by Gasteiger charge is 2.30. The van der Waals surface area contributed by atoms with Crippen molar-refractivity contribution in [3.63, 3.8) is 0 Å². The lowest BCUT2D eigenvalue weighted by atomic mass is 10.1. The van der Waals surface area contributed by atoms with Gasteiger partial charge in [0.25, 0.3) is 0 Å². The first-order chi connectivity index (χ1) is 16.6. The number of ether oxygens (including phenoxy) is 1. The van der Waals surface area contributed by atoms with Gasteiger partial charge in [0.05, 0.1) is 27.9 Å². The summed E-state index contributed by atoms with van der Waals surface area (Å²) < 4.78 is 73.5. The summed E-state index contributed by atoms with van der Waals surface area (Å²) in [6, 6.07) is 7.82. The van der Waals surface area contributed by atoms with Gasteiger partial charge in [0.15, 0.2) is 0 Å². The van der Waals surface area contributed by atoms with E-state index in [-0.39, 0.29) is 26.8 Å². The van der Waals surface area contributed by atoms with Gasteiger partial charge in [-0.05, 0) is 61.7 Å². The number of morpholine rings is 1. The van der Waals surface area contributed by atoms with Crippen LogP contribution in [-0.2, 0) is 24.6 Å². The van der Waals surface area contributed by atoms with Crippen molar-refractivity contribution in [2.45, 2.75) is 40.5 Å². The maximum absolute atomic E-state index is 13.2. The van der Waals surface area contributed by atoms with E-state index < -0.39 is 25.7 Å². The number of sulfone groups is 1. The summed E-state index contributed by atoms with van der Waals surface area (Å²) in [6.07, 6.45) is 0.893. The van der Waals surface area contributed by atoms with Crippen LogP contribution >= 0.6 is 0 Å². The van der Waals surface area contributed by atoms with Crippen LogP contribution in [0.2, 0.25) is 0 Å². The van der Waals surface area contributed by atoms with E-state index in [1.54, 1.807) is 16.7 Å². The zero-order chi connectivity index (χ0) is 25.2. The lowest BCUT2D eigenvalue weighted by Gasteiger charge is -2.37. The molecule has 190 valence electrons. The van der Waals surface area contributed by atoms with Gasteiger partial charge in [-0.2, -0.15) is 0 Å². The third kappa shape index (κ3) is 5.66. The molecule has 0 radical (unpaired) electrons. The van der Waals surface area contributed by atoms with Gasteiger partial charge in [-0.3, -0.25) is 0 Å². The number of sulfonamides is 1. The molecule has 0 unspecified atom stereocenters. The molecule has 35 heavy (non-hydrogen) atoms. The summed E-state index contributed by atoms with van der Waals surface area (Å²) in [5, 5.41) is 0. The van der Waals surface area contributed by atoms with E-state index in [0.717, 1.165) is 30.3 Å². The molecule has 0 spiro atoms. The third-order valence-electron chi connectivity index (χ3n) is 6.25. The monoisotopic (exact) mass is 525 g/mol. The molecule has 2 aromatic carbocycles. The molecule has 0 atom stereocenters. The summed E-state index contributed by atoms with van der Waals surface area (Å²) in [6.45, 7) is 4.54. The number of hydrogen-bond donors (Lipinski definition) is 1. The van der Waals surface area contributed by atoms with Crippen molar-refractivity contribution >= 4 is 25.9 Å². The molecule has 12 heteroatoms. The first-order valence-electron chi connectivity index (χ1n) is 11.3. The summed E-state index contributed by atoms with van der Waals surface area (Å²) in [4.78, 5) is 15.7. The molecule has 2 amide bonds. The minimum atomic E-state index is -4.03. The smallest absolute Gasteiger partial charge is 0.320 e. The van der Waals surface area contributed by atoms with Crippen LogP contribution in [0.25, 0.3) is 0 Å². The van der Waals surface area contributed by atoms with Crippen molar-refractivity contribution in [2.75, 3.05) is 39.4 Å². The Labute approximate surface area is 204 Å². The van der Waals surface area contributed by atoms with Crippen LogP contribution < -0.4 is 4.72 Å². The number of nitrogens with one attached hydrogen (secondary N) is 1. The molecular weight excluding hydrogens is 497 g/mol. The van der Waals surface area contributed by atoms with Gasteiger partial charge in [-0.1, -0.05) is 6.07 Å². The predicted octanol–water partition coefficient (Wildman–Crippen LogP) is 2.16. The van der Waals surface area contributed by atoms with E-state index in [1.165, 1.54) is 12.1 Å². The summed E-state index contributed by atoms with van der Waals surface area (Å²) in [5.41, 5.74) is 0.399. The molecule has 2 saturated heterocycles. The quantitative estimate of drug-likeness (QED) is 0.599. The van der Waals surface area contributed by atoms with E-state index in [1.807, 2.05) is 0 Å². The molecule has 9 nitrogen and oxygen atoms in total. The zero-order valence-corrected chi connectivity index (χ0v) is 20.9. The number of nitrogens with zero attached hydrogens (tertiary/aromatic N) is 2. The van der Waals surface area contributed by atoms with Crippen molar-refractivity contribution in [1.82, 2.24) is 14.5 Å². The highest BCUT2D eigenvalue weighted by Crippen LogP contribution is 2.26. The second kappa shape index (κ2) is 10.2. The predicted molar refractivity (Wildman–Crippen MR) is 126 cm³/mol. The average molecular weight is 526 g/mol. The Morgan fingerprint density at radius 3 is 2.11 bits per heavy atom.